The Morgan fingerprint density at radius 3 is 2.66 bits per heavy atom. The van der Waals surface area contributed by atoms with Gasteiger partial charge in [0.2, 0.25) is 5.95 Å². The molecule has 0 spiro atoms. The van der Waals surface area contributed by atoms with Crippen molar-refractivity contribution in [3.63, 3.8) is 0 Å². The average molecular weight is 433 g/mol. The van der Waals surface area contributed by atoms with E-state index in [1.807, 2.05) is 12.1 Å². The van der Waals surface area contributed by atoms with Crippen LogP contribution in [0.25, 0.3) is 0 Å². The summed E-state index contributed by atoms with van der Waals surface area (Å²) in [5, 5.41) is 15.0. The monoisotopic (exact) mass is 433 g/mol. The Morgan fingerprint density at radius 2 is 2.00 bits per heavy atom. The molecule has 4 N–H and O–H groups in total. The van der Waals surface area contributed by atoms with Gasteiger partial charge in [-0.2, -0.15) is 5.26 Å². The number of carbonyl (C=O) groups is 1. The second kappa shape index (κ2) is 9.22. The lowest BCUT2D eigenvalue weighted by atomic mass is 10.0. The van der Waals surface area contributed by atoms with Crippen LogP contribution < -0.4 is 21.3 Å². The van der Waals surface area contributed by atoms with E-state index >= 15 is 4.39 Å². The van der Waals surface area contributed by atoms with Crippen LogP contribution in [-0.4, -0.2) is 51.1 Å². The number of aromatic nitrogens is 4. The van der Waals surface area contributed by atoms with Gasteiger partial charge in [0, 0.05) is 25.0 Å². The highest BCUT2D eigenvalue weighted by Crippen LogP contribution is 2.26. The first kappa shape index (κ1) is 20.9. The number of primary amides is 1. The quantitative estimate of drug-likeness (QED) is 0.531. The molecular weight excluding hydrogens is 413 g/mol. The third-order valence-electron chi connectivity index (χ3n) is 5.02. The van der Waals surface area contributed by atoms with Gasteiger partial charge in [0.25, 0.3) is 5.91 Å². The van der Waals surface area contributed by atoms with E-state index in [-0.39, 0.29) is 12.1 Å². The third-order valence-corrected chi connectivity index (χ3v) is 5.02. The molecule has 11 heteroatoms. The highest BCUT2D eigenvalue weighted by Gasteiger charge is 2.31. The molecular formula is C21H20FN9O. The van der Waals surface area contributed by atoms with Crippen molar-refractivity contribution in [2.24, 2.45) is 5.73 Å². The normalized spacial score (nSPS) is 17.9. The molecule has 3 aromatic heterocycles. The number of halogens is 1. The minimum atomic E-state index is -1.26. The molecule has 1 amide bonds. The van der Waals surface area contributed by atoms with Crippen LogP contribution in [-0.2, 0) is 0 Å². The summed E-state index contributed by atoms with van der Waals surface area (Å²) in [5.74, 6) is 0.726. The van der Waals surface area contributed by atoms with E-state index in [2.05, 4.69) is 30.6 Å². The zero-order chi connectivity index (χ0) is 22.5. The summed E-state index contributed by atoms with van der Waals surface area (Å²) in [5.41, 5.74) is 6.39. The second-order valence-electron chi connectivity index (χ2n) is 7.20. The van der Waals surface area contributed by atoms with Crippen molar-refractivity contribution < 1.29 is 9.18 Å². The first-order valence-corrected chi connectivity index (χ1v) is 9.89. The number of piperidine rings is 1. The van der Waals surface area contributed by atoms with Crippen LogP contribution in [0.4, 0.5) is 27.7 Å². The fourth-order valence-electron chi connectivity index (χ4n) is 3.40. The van der Waals surface area contributed by atoms with Gasteiger partial charge in [-0.1, -0.05) is 6.07 Å². The van der Waals surface area contributed by atoms with E-state index in [1.54, 1.807) is 29.3 Å². The SMILES string of the molecule is N#Cc1cnc(N2CC[C@@H](Nc3cc(Nc4ccccn4)ncc3C(N)=O)[C@@H](F)C2)nc1. The maximum atomic E-state index is 15.0. The molecule has 32 heavy (non-hydrogen) atoms. The van der Waals surface area contributed by atoms with Crippen LogP contribution in [0.3, 0.4) is 0 Å². The summed E-state index contributed by atoms with van der Waals surface area (Å²) in [6.45, 7) is 0.569. The van der Waals surface area contributed by atoms with Crippen molar-refractivity contribution in [3.05, 3.63) is 60.2 Å². The maximum absolute atomic E-state index is 15.0. The number of pyridine rings is 2. The van der Waals surface area contributed by atoms with Crippen molar-refractivity contribution in [3.8, 4) is 6.07 Å². The topological polar surface area (TPSA) is 146 Å². The molecule has 1 saturated heterocycles. The summed E-state index contributed by atoms with van der Waals surface area (Å²) in [7, 11) is 0. The van der Waals surface area contributed by atoms with Gasteiger partial charge in [-0.25, -0.2) is 24.3 Å². The van der Waals surface area contributed by atoms with Crippen molar-refractivity contribution >= 4 is 29.2 Å². The minimum Gasteiger partial charge on any atom is -0.378 e. The molecule has 0 aliphatic carbocycles. The lowest BCUT2D eigenvalue weighted by Crippen LogP contribution is -2.48. The van der Waals surface area contributed by atoms with Crippen LogP contribution in [0.5, 0.6) is 0 Å². The van der Waals surface area contributed by atoms with Gasteiger partial charge >= 0.3 is 0 Å². The summed E-state index contributed by atoms with van der Waals surface area (Å²) in [6, 6.07) is 8.40. The Labute approximate surface area is 183 Å². The summed E-state index contributed by atoms with van der Waals surface area (Å²) in [4.78, 5) is 30.2. The highest BCUT2D eigenvalue weighted by atomic mass is 19.1. The van der Waals surface area contributed by atoms with Gasteiger partial charge < -0.3 is 21.3 Å². The number of nitriles is 1. The molecule has 10 nitrogen and oxygen atoms in total. The Morgan fingerprint density at radius 1 is 1.19 bits per heavy atom. The molecule has 3 aromatic rings. The lowest BCUT2D eigenvalue weighted by Gasteiger charge is -2.35. The molecule has 4 heterocycles. The Balaban J connectivity index is 1.48. The van der Waals surface area contributed by atoms with E-state index in [4.69, 9.17) is 11.0 Å². The van der Waals surface area contributed by atoms with Gasteiger partial charge in [-0.3, -0.25) is 4.79 Å². The fourth-order valence-corrected chi connectivity index (χ4v) is 3.40. The van der Waals surface area contributed by atoms with E-state index in [1.165, 1.54) is 18.6 Å². The van der Waals surface area contributed by atoms with Gasteiger partial charge in [0.15, 0.2) is 0 Å². The van der Waals surface area contributed by atoms with E-state index in [9.17, 15) is 4.79 Å². The minimum absolute atomic E-state index is 0.0690. The molecule has 4 rings (SSSR count). The molecule has 0 aromatic carbocycles. The number of alkyl halides is 1. The smallest absolute Gasteiger partial charge is 0.252 e. The van der Waals surface area contributed by atoms with E-state index in [0.29, 0.717) is 41.8 Å². The zero-order valence-corrected chi connectivity index (χ0v) is 16.9. The number of amides is 1. The highest BCUT2D eigenvalue weighted by molar-refractivity contribution is 5.98. The van der Waals surface area contributed by atoms with Crippen LogP contribution in [0, 0.1) is 11.3 Å². The molecule has 0 bridgehead atoms. The van der Waals surface area contributed by atoms with Gasteiger partial charge in [-0.05, 0) is 18.6 Å². The molecule has 0 radical (unpaired) electrons. The maximum Gasteiger partial charge on any atom is 0.252 e. The summed E-state index contributed by atoms with van der Waals surface area (Å²) < 4.78 is 15.0. The number of nitrogens with one attached hydrogen (secondary N) is 2. The summed E-state index contributed by atoms with van der Waals surface area (Å²) >= 11 is 0. The number of rotatable bonds is 6. The number of anilines is 4. The first-order chi connectivity index (χ1) is 15.5. The van der Waals surface area contributed by atoms with Crippen LogP contribution in [0.2, 0.25) is 0 Å². The van der Waals surface area contributed by atoms with E-state index in [0.717, 1.165) is 0 Å². The number of hydrogen-bond acceptors (Lipinski definition) is 9. The number of carbonyl (C=O) groups excluding carboxylic acids is 1. The second-order valence-corrected chi connectivity index (χ2v) is 7.20. The molecule has 0 saturated carbocycles. The number of nitrogens with two attached hydrogens (primary N) is 1. The Hall–Kier alpha value is -4.33. The predicted octanol–water partition coefficient (Wildman–Crippen LogP) is 2.01. The van der Waals surface area contributed by atoms with Crippen molar-refractivity contribution in [2.75, 3.05) is 28.6 Å². The molecule has 1 fully saturated rings. The van der Waals surface area contributed by atoms with Crippen LogP contribution in [0.15, 0.2) is 49.1 Å². The Kier molecular flexibility index (Phi) is 6.03. The number of hydrogen-bond donors (Lipinski definition) is 3. The number of nitrogens with zero attached hydrogens (tertiary/aromatic N) is 6. The van der Waals surface area contributed by atoms with Gasteiger partial charge in [-0.15, -0.1) is 0 Å². The van der Waals surface area contributed by atoms with Crippen LogP contribution >= 0.6 is 0 Å². The predicted molar refractivity (Wildman–Crippen MR) is 116 cm³/mol. The zero-order valence-electron chi connectivity index (χ0n) is 16.9. The van der Waals surface area contributed by atoms with Gasteiger partial charge in [0.05, 0.1) is 41.8 Å². The van der Waals surface area contributed by atoms with Crippen molar-refractivity contribution in [1.29, 1.82) is 5.26 Å². The van der Waals surface area contributed by atoms with Crippen molar-refractivity contribution in [1.82, 2.24) is 19.9 Å². The largest absolute Gasteiger partial charge is 0.378 e. The molecule has 1 aliphatic heterocycles. The van der Waals surface area contributed by atoms with Crippen LogP contribution in [0.1, 0.15) is 22.3 Å². The fraction of sp³-hybridized carbons (Fsp3) is 0.238. The lowest BCUT2D eigenvalue weighted by molar-refractivity contribution is 0.100. The Bertz CT molecular complexity index is 1130. The third kappa shape index (κ3) is 4.70. The standard InChI is InChI=1S/C21H20FN9O/c22-15-12-31(21-27-9-13(8-23)10-28-21)6-4-16(15)29-17-7-19(26-11-14(17)20(24)32)30-18-3-1-2-5-25-18/h1-3,5,7,9-11,15-16H,4,6,12H2,(H2,24,32)(H2,25,26,29,30)/t15-,16+/m0/s1. The molecule has 1 aliphatic rings. The molecule has 162 valence electrons. The van der Waals surface area contributed by atoms with Gasteiger partial charge in [0.1, 0.15) is 23.9 Å². The first-order valence-electron chi connectivity index (χ1n) is 9.89. The average Bonchev–Trinajstić information content (AvgIpc) is 2.81. The van der Waals surface area contributed by atoms with Crippen molar-refractivity contribution in [2.45, 2.75) is 18.6 Å². The molecule has 2 atom stereocenters. The molecule has 0 unspecified atom stereocenters. The summed E-state index contributed by atoms with van der Waals surface area (Å²) in [6.07, 6.45) is 4.98. The van der Waals surface area contributed by atoms with E-state index < -0.39 is 18.1 Å².